The standard InChI is InChI=1S/C15H18N2O3S/c1-10-14(6-7-20-10)21(19)11(2)15(18)17-13-5-3-4-12(8-13)9-16/h3-5,8,10-11,14H,6-7H2,1-2H3,(H,17,18). The maximum absolute atomic E-state index is 12.4. The van der Waals surface area contributed by atoms with Crippen molar-refractivity contribution in [1.29, 1.82) is 5.26 Å². The third kappa shape index (κ3) is 3.69. The highest BCUT2D eigenvalue weighted by molar-refractivity contribution is 7.87. The molecular weight excluding hydrogens is 288 g/mol. The molecule has 0 aromatic heterocycles. The zero-order valence-corrected chi connectivity index (χ0v) is 12.9. The minimum Gasteiger partial charge on any atom is -0.377 e. The van der Waals surface area contributed by atoms with Gasteiger partial charge in [0.05, 0.1) is 23.0 Å². The molecule has 1 fully saturated rings. The summed E-state index contributed by atoms with van der Waals surface area (Å²) >= 11 is 0. The third-order valence-corrected chi connectivity index (χ3v) is 5.71. The molecule has 1 amide bonds. The number of hydrogen-bond acceptors (Lipinski definition) is 4. The molecule has 4 unspecified atom stereocenters. The molecule has 0 spiro atoms. The van der Waals surface area contributed by atoms with Crippen LogP contribution in [0.5, 0.6) is 0 Å². The van der Waals surface area contributed by atoms with Crippen molar-refractivity contribution < 1.29 is 13.7 Å². The van der Waals surface area contributed by atoms with Crippen LogP contribution in [-0.4, -0.2) is 33.3 Å². The van der Waals surface area contributed by atoms with E-state index >= 15 is 0 Å². The first-order chi connectivity index (χ1) is 10.0. The van der Waals surface area contributed by atoms with E-state index in [-0.39, 0.29) is 17.3 Å². The fourth-order valence-electron chi connectivity index (χ4n) is 2.30. The smallest absolute Gasteiger partial charge is 0.239 e. The first-order valence-corrected chi connectivity index (χ1v) is 8.12. The molecule has 6 heteroatoms. The van der Waals surface area contributed by atoms with Gasteiger partial charge in [0, 0.05) is 23.1 Å². The topological polar surface area (TPSA) is 79.2 Å². The Bertz CT molecular complexity index is 597. The Kier molecular flexibility index (Phi) is 5.10. The van der Waals surface area contributed by atoms with Crippen LogP contribution in [0.4, 0.5) is 5.69 Å². The van der Waals surface area contributed by atoms with E-state index in [9.17, 15) is 9.00 Å². The van der Waals surface area contributed by atoms with Crippen molar-refractivity contribution in [3.05, 3.63) is 29.8 Å². The second-order valence-electron chi connectivity index (χ2n) is 5.06. The van der Waals surface area contributed by atoms with Crippen molar-refractivity contribution >= 4 is 22.4 Å². The SMILES string of the molecule is CC1OCCC1S(=O)C(C)C(=O)Nc1cccc(C#N)c1. The van der Waals surface area contributed by atoms with Crippen molar-refractivity contribution in [1.82, 2.24) is 0 Å². The van der Waals surface area contributed by atoms with Crippen LogP contribution in [0, 0.1) is 11.3 Å². The van der Waals surface area contributed by atoms with Crippen molar-refractivity contribution in [2.75, 3.05) is 11.9 Å². The van der Waals surface area contributed by atoms with E-state index in [1.54, 1.807) is 31.2 Å². The monoisotopic (exact) mass is 306 g/mol. The molecule has 2 rings (SSSR count). The summed E-state index contributed by atoms with van der Waals surface area (Å²) in [6.07, 6.45) is 0.637. The molecule has 1 aliphatic heterocycles. The van der Waals surface area contributed by atoms with Gasteiger partial charge in [0.1, 0.15) is 5.25 Å². The molecule has 4 atom stereocenters. The Balaban J connectivity index is 2.02. The predicted molar refractivity (Wildman–Crippen MR) is 81.2 cm³/mol. The first-order valence-electron chi connectivity index (χ1n) is 6.85. The number of nitrogens with zero attached hydrogens (tertiary/aromatic N) is 1. The highest BCUT2D eigenvalue weighted by Crippen LogP contribution is 2.22. The van der Waals surface area contributed by atoms with Gasteiger partial charge in [-0.15, -0.1) is 0 Å². The minimum atomic E-state index is -1.28. The van der Waals surface area contributed by atoms with E-state index in [0.29, 0.717) is 17.9 Å². The van der Waals surface area contributed by atoms with Crippen LogP contribution in [0.1, 0.15) is 25.8 Å². The van der Waals surface area contributed by atoms with Gasteiger partial charge in [0.2, 0.25) is 5.91 Å². The average molecular weight is 306 g/mol. The normalized spacial score (nSPS) is 24.0. The number of carbonyl (C=O) groups is 1. The number of nitrogens with one attached hydrogen (secondary N) is 1. The minimum absolute atomic E-state index is 0.0806. The van der Waals surface area contributed by atoms with E-state index in [1.807, 2.05) is 13.0 Å². The van der Waals surface area contributed by atoms with Crippen LogP contribution < -0.4 is 5.32 Å². The highest BCUT2D eigenvalue weighted by atomic mass is 32.2. The molecule has 1 aromatic rings. The maximum atomic E-state index is 12.4. The molecule has 5 nitrogen and oxygen atoms in total. The van der Waals surface area contributed by atoms with Gasteiger partial charge in [-0.1, -0.05) is 6.07 Å². The molecule has 1 saturated heterocycles. The van der Waals surface area contributed by atoms with Crippen LogP contribution in [0.25, 0.3) is 0 Å². The molecule has 112 valence electrons. The van der Waals surface area contributed by atoms with Crippen molar-refractivity contribution in [2.45, 2.75) is 36.9 Å². The predicted octanol–water partition coefficient (Wildman–Crippen LogP) is 1.81. The van der Waals surface area contributed by atoms with Gasteiger partial charge in [0.15, 0.2) is 0 Å². The molecule has 0 saturated carbocycles. The van der Waals surface area contributed by atoms with Crippen LogP contribution in [0.3, 0.4) is 0 Å². The summed E-state index contributed by atoms with van der Waals surface area (Å²) in [5.74, 6) is -0.303. The fraction of sp³-hybridized carbons (Fsp3) is 0.467. The third-order valence-electron chi connectivity index (χ3n) is 3.58. The number of rotatable bonds is 4. The summed E-state index contributed by atoms with van der Waals surface area (Å²) in [6, 6.07) is 8.67. The Labute approximate surface area is 126 Å². The molecule has 0 bridgehead atoms. The quantitative estimate of drug-likeness (QED) is 0.920. The summed E-state index contributed by atoms with van der Waals surface area (Å²) in [4.78, 5) is 12.2. The molecule has 1 N–H and O–H groups in total. The molecule has 21 heavy (non-hydrogen) atoms. The van der Waals surface area contributed by atoms with Gasteiger partial charge in [0.25, 0.3) is 0 Å². The summed E-state index contributed by atoms with van der Waals surface area (Å²) in [7, 11) is -1.28. The Hall–Kier alpha value is -1.71. The number of ether oxygens (including phenoxy) is 1. The molecule has 1 aromatic carbocycles. The van der Waals surface area contributed by atoms with Gasteiger partial charge in [-0.3, -0.25) is 9.00 Å². The fourth-order valence-corrected chi connectivity index (χ4v) is 3.87. The van der Waals surface area contributed by atoms with E-state index in [0.717, 1.165) is 6.42 Å². The summed E-state index contributed by atoms with van der Waals surface area (Å²) < 4.78 is 17.8. The zero-order valence-electron chi connectivity index (χ0n) is 12.0. The van der Waals surface area contributed by atoms with E-state index in [1.165, 1.54) is 0 Å². The first kappa shape index (κ1) is 15.7. The van der Waals surface area contributed by atoms with Gasteiger partial charge < -0.3 is 10.1 Å². The number of carbonyl (C=O) groups excluding carboxylic acids is 1. The number of nitriles is 1. The second-order valence-corrected chi connectivity index (χ2v) is 7.03. The van der Waals surface area contributed by atoms with Crippen molar-refractivity contribution in [3.63, 3.8) is 0 Å². The van der Waals surface area contributed by atoms with Crippen molar-refractivity contribution in [2.24, 2.45) is 0 Å². The number of hydrogen-bond donors (Lipinski definition) is 1. The largest absolute Gasteiger partial charge is 0.377 e. The summed E-state index contributed by atoms with van der Waals surface area (Å²) in [5.41, 5.74) is 1.01. The Morgan fingerprint density at radius 1 is 1.57 bits per heavy atom. The molecule has 1 aliphatic rings. The number of amides is 1. The van der Waals surface area contributed by atoms with Gasteiger partial charge >= 0.3 is 0 Å². The summed E-state index contributed by atoms with van der Waals surface area (Å²) in [5, 5.41) is 10.8. The molecular formula is C15H18N2O3S. The van der Waals surface area contributed by atoms with Gasteiger partial charge in [-0.05, 0) is 38.5 Å². The van der Waals surface area contributed by atoms with Crippen LogP contribution in [-0.2, 0) is 20.3 Å². The highest BCUT2D eigenvalue weighted by Gasteiger charge is 2.34. The van der Waals surface area contributed by atoms with Crippen LogP contribution >= 0.6 is 0 Å². The van der Waals surface area contributed by atoms with Crippen LogP contribution in [0.2, 0.25) is 0 Å². The van der Waals surface area contributed by atoms with E-state index in [4.69, 9.17) is 10.00 Å². The lowest BCUT2D eigenvalue weighted by Gasteiger charge is -2.18. The zero-order chi connectivity index (χ0) is 15.4. The lowest BCUT2D eigenvalue weighted by Crippen LogP contribution is -2.37. The lowest BCUT2D eigenvalue weighted by atomic mass is 10.2. The molecule has 1 heterocycles. The van der Waals surface area contributed by atoms with Gasteiger partial charge in [-0.2, -0.15) is 5.26 Å². The average Bonchev–Trinajstić information content (AvgIpc) is 2.92. The van der Waals surface area contributed by atoms with E-state index < -0.39 is 16.0 Å². The van der Waals surface area contributed by atoms with E-state index in [2.05, 4.69) is 5.32 Å². The summed E-state index contributed by atoms with van der Waals surface area (Å²) in [6.45, 7) is 4.14. The Morgan fingerprint density at radius 3 is 2.95 bits per heavy atom. The maximum Gasteiger partial charge on any atom is 0.239 e. The van der Waals surface area contributed by atoms with Crippen molar-refractivity contribution in [3.8, 4) is 6.07 Å². The Morgan fingerprint density at radius 2 is 2.33 bits per heavy atom. The lowest BCUT2D eigenvalue weighted by molar-refractivity contribution is -0.115. The van der Waals surface area contributed by atoms with Gasteiger partial charge in [-0.25, -0.2) is 0 Å². The molecule has 0 radical (unpaired) electrons. The van der Waals surface area contributed by atoms with Crippen LogP contribution in [0.15, 0.2) is 24.3 Å². The second kappa shape index (κ2) is 6.83. The number of benzene rings is 1. The number of anilines is 1. The molecule has 0 aliphatic carbocycles.